The third kappa shape index (κ3) is 1.99. The minimum Gasteiger partial charge on any atom is -0.378 e. The molecule has 1 aliphatic rings. The maximum absolute atomic E-state index is 13.1. The van der Waals surface area contributed by atoms with Gasteiger partial charge >= 0.3 is 0 Å². The van der Waals surface area contributed by atoms with Crippen molar-refractivity contribution in [1.29, 1.82) is 0 Å². The number of anilines is 1. The largest absolute Gasteiger partial charge is 0.378 e. The lowest BCUT2D eigenvalue weighted by molar-refractivity contribution is 0.619. The first-order valence-electron chi connectivity index (χ1n) is 6.34. The summed E-state index contributed by atoms with van der Waals surface area (Å²) in [5.41, 5.74) is 4.80. The second-order valence-corrected chi connectivity index (χ2v) is 4.89. The van der Waals surface area contributed by atoms with Crippen LogP contribution in [0.15, 0.2) is 42.5 Å². The molecule has 1 nitrogen and oxygen atoms in total. The van der Waals surface area contributed by atoms with Crippen molar-refractivity contribution in [3.63, 3.8) is 0 Å². The average molecular weight is 241 g/mol. The molecular formula is C16H16FN. The molecule has 3 rings (SSSR count). The monoisotopic (exact) mass is 241 g/mol. The number of hydrogen-bond acceptors (Lipinski definition) is 1. The number of halogens is 1. The van der Waals surface area contributed by atoms with Crippen LogP contribution in [-0.2, 0) is 6.42 Å². The van der Waals surface area contributed by atoms with Crippen LogP contribution in [0.25, 0.3) is 0 Å². The molecule has 92 valence electrons. The van der Waals surface area contributed by atoms with E-state index in [1.54, 1.807) is 12.1 Å². The van der Waals surface area contributed by atoms with Crippen molar-refractivity contribution in [3.8, 4) is 0 Å². The van der Waals surface area contributed by atoms with Crippen molar-refractivity contribution >= 4 is 5.69 Å². The van der Waals surface area contributed by atoms with Crippen LogP contribution in [0.2, 0.25) is 0 Å². The number of aryl methyl sites for hydroxylation is 2. The lowest BCUT2D eigenvalue weighted by Gasteiger charge is -2.28. The Hall–Kier alpha value is -1.83. The summed E-state index contributed by atoms with van der Waals surface area (Å²) >= 11 is 0. The van der Waals surface area contributed by atoms with Crippen LogP contribution in [0.5, 0.6) is 0 Å². The predicted molar refractivity (Wildman–Crippen MR) is 72.3 cm³/mol. The zero-order valence-corrected chi connectivity index (χ0v) is 10.4. The van der Waals surface area contributed by atoms with Gasteiger partial charge in [-0.15, -0.1) is 0 Å². The van der Waals surface area contributed by atoms with Gasteiger partial charge in [0.25, 0.3) is 0 Å². The predicted octanol–water partition coefficient (Wildman–Crippen LogP) is 4.23. The smallest absolute Gasteiger partial charge is 0.123 e. The van der Waals surface area contributed by atoms with Crippen molar-refractivity contribution in [2.45, 2.75) is 25.8 Å². The first kappa shape index (κ1) is 11.3. The molecule has 18 heavy (non-hydrogen) atoms. The Morgan fingerprint density at radius 3 is 2.83 bits per heavy atom. The van der Waals surface area contributed by atoms with E-state index in [-0.39, 0.29) is 5.82 Å². The first-order chi connectivity index (χ1) is 8.74. The van der Waals surface area contributed by atoms with Gasteiger partial charge in [0.1, 0.15) is 5.82 Å². The fraction of sp³-hybridized carbons (Fsp3) is 0.250. The van der Waals surface area contributed by atoms with Crippen LogP contribution in [-0.4, -0.2) is 0 Å². The normalized spacial score (nSPS) is 18.0. The van der Waals surface area contributed by atoms with Crippen molar-refractivity contribution in [2.24, 2.45) is 0 Å². The Balaban J connectivity index is 1.92. The summed E-state index contributed by atoms with van der Waals surface area (Å²) in [5.74, 6) is -0.160. The Morgan fingerprint density at radius 1 is 1.17 bits per heavy atom. The summed E-state index contributed by atoms with van der Waals surface area (Å²) in [5, 5.41) is 3.55. The topological polar surface area (TPSA) is 12.0 Å². The van der Waals surface area contributed by atoms with Gasteiger partial charge in [0.15, 0.2) is 0 Å². The molecule has 0 aliphatic carbocycles. The Bertz CT molecular complexity index is 577. The van der Waals surface area contributed by atoms with E-state index in [0.717, 1.165) is 18.4 Å². The van der Waals surface area contributed by atoms with Gasteiger partial charge in [-0.1, -0.05) is 24.3 Å². The van der Waals surface area contributed by atoms with Crippen molar-refractivity contribution in [1.82, 2.24) is 0 Å². The molecule has 0 saturated heterocycles. The molecule has 2 aromatic carbocycles. The van der Waals surface area contributed by atoms with Gasteiger partial charge in [-0.25, -0.2) is 4.39 Å². The van der Waals surface area contributed by atoms with Crippen LogP contribution in [0.1, 0.15) is 29.2 Å². The van der Waals surface area contributed by atoms with Gasteiger partial charge in [-0.2, -0.15) is 0 Å². The van der Waals surface area contributed by atoms with Gasteiger partial charge in [-0.3, -0.25) is 0 Å². The highest BCUT2D eigenvalue weighted by molar-refractivity contribution is 5.55. The van der Waals surface area contributed by atoms with Crippen LogP contribution in [0, 0.1) is 12.7 Å². The van der Waals surface area contributed by atoms with Crippen LogP contribution in [0.4, 0.5) is 10.1 Å². The lowest BCUT2D eigenvalue weighted by Crippen LogP contribution is -2.18. The molecule has 0 spiro atoms. The summed E-state index contributed by atoms with van der Waals surface area (Å²) in [6, 6.07) is 13.7. The molecule has 0 radical (unpaired) electrons. The van der Waals surface area contributed by atoms with Crippen molar-refractivity contribution in [2.75, 3.05) is 5.32 Å². The first-order valence-corrected chi connectivity index (χ1v) is 6.34. The number of para-hydroxylation sites is 1. The molecule has 0 saturated carbocycles. The van der Waals surface area contributed by atoms with E-state index in [0.29, 0.717) is 6.04 Å². The number of fused-ring (bicyclic) bond motifs is 1. The fourth-order valence-electron chi connectivity index (χ4n) is 2.70. The second-order valence-electron chi connectivity index (χ2n) is 4.89. The van der Waals surface area contributed by atoms with E-state index in [4.69, 9.17) is 0 Å². The zero-order valence-electron chi connectivity index (χ0n) is 10.4. The van der Waals surface area contributed by atoms with Gasteiger partial charge < -0.3 is 5.32 Å². The van der Waals surface area contributed by atoms with Crippen molar-refractivity contribution in [3.05, 3.63) is 65.0 Å². The highest BCUT2D eigenvalue weighted by Crippen LogP contribution is 2.33. The summed E-state index contributed by atoms with van der Waals surface area (Å²) in [6.07, 6.45) is 2.13. The summed E-state index contributed by atoms with van der Waals surface area (Å²) < 4.78 is 13.1. The molecule has 1 atom stereocenters. The maximum Gasteiger partial charge on any atom is 0.123 e. The van der Waals surface area contributed by atoms with Crippen molar-refractivity contribution < 1.29 is 4.39 Å². The summed E-state index contributed by atoms with van der Waals surface area (Å²) in [7, 11) is 0. The molecule has 1 unspecified atom stereocenters. The highest BCUT2D eigenvalue weighted by Gasteiger charge is 2.20. The third-order valence-electron chi connectivity index (χ3n) is 3.66. The van der Waals surface area contributed by atoms with E-state index in [1.165, 1.54) is 16.8 Å². The molecule has 1 N–H and O–H groups in total. The Morgan fingerprint density at radius 2 is 2.00 bits per heavy atom. The summed E-state index contributed by atoms with van der Waals surface area (Å²) in [6.45, 7) is 1.97. The van der Waals surface area contributed by atoms with E-state index in [2.05, 4.69) is 23.5 Å². The second kappa shape index (κ2) is 4.45. The molecule has 0 aromatic heterocycles. The van der Waals surface area contributed by atoms with E-state index in [1.807, 2.05) is 19.1 Å². The minimum atomic E-state index is -0.160. The quantitative estimate of drug-likeness (QED) is 0.787. The number of hydrogen-bond donors (Lipinski definition) is 1. The van der Waals surface area contributed by atoms with Gasteiger partial charge in [0.05, 0.1) is 6.04 Å². The van der Waals surface area contributed by atoms with Crippen LogP contribution < -0.4 is 5.32 Å². The SMILES string of the molecule is Cc1cc(F)ccc1C1CCc2ccccc2N1. The van der Waals surface area contributed by atoms with E-state index < -0.39 is 0 Å². The van der Waals surface area contributed by atoms with E-state index >= 15 is 0 Å². The van der Waals surface area contributed by atoms with E-state index in [9.17, 15) is 4.39 Å². The number of rotatable bonds is 1. The Labute approximate surface area is 107 Å². The molecule has 2 aromatic rings. The molecule has 1 heterocycles. The lowest BCUT2D eigenvalue weighted by atomic mass is 9.91. The summed E-state index contributed by atoms with van der Waals surface area (Å²) in [4.78, 5) is 0. The number of benzene rings is 2. The molecule has 0 fully saturated rings. The van der Waals surface area contributed by atoms with Crippen LogP contribution in [0.3, 0.4) is 0 Å². The third-order valence-corrected chi connectivity index (χ3v) is 3.66. The van der Waals surface area contributed by atoms with Gasteiger partial charge in [-0.05, 0) is 54.7 Å². The molecular weight excluding hydrogens is 225 g/mol. The zero-order chi connectivity index (χ0) is 12.5. The van der Waals surface area contributed by atoms with Gasteiger partial charge in [0, 0.05) is 5.69 Å². The standard InChI is InChI=1S/C16H16FN/c1-11-10-13(17)7-8-14(11)16-9-6-12-4-2-3-5-15(12)18-16/h2-5,7-8,10,16,18H,6,9H2,1H3. The molecule has 1 aliphatic heterocycles. The minimum absolute atomic E-state index is 0.160. The Kier molecular flexibility index (Phi) is 2.78. The fourth-order valence-corrected chi connectivity index (χ4v) is 2.70. The average Bonchev–Trinajstić information content (AvgIpc) is 2.38. The maximum atomic E-state index is 13.1. The molecule has 0 bridgehead atoms. The van der Waals surface area contributed by atoms with Gasteiger partial charge in [0.2, 0.25) is 0 Å². The molecule has 0 amide bonds. The molecule has 2 heteroatoms. The highest BCUT2D eigenvalue weighted by atomic mass is 19.1. The number of nitrogens with one attached hydrogen (secondary N) is 1. The van der Waals surface area contributed by atoms with Crippen LogP contribution >= 0.6 is 0 Å².